The lowest BCUT2D eigenvalue weighted by atomic mass is 9.66. The molecule has 0 aromatic heterocycles. The van der Waals surface area contributed by atoms with Gasteiger partial charge in [0.25, 0.3) is 6.43 Å². The quantitative estimate of drug-likeness (QED) is 0.765. The van der Waals surface area contributed by atoms with Gasteiger partial charge in [-0.05, 0) is 19.3 Å². The van der Waals surface area contributed by atoms with Crippen molar-refractivity contribution in [3.63, 3.8) is 0 Å². The van der Waals surface area contributed by atoms with E-state index >= 15 is 0 Å². The summed E-state index contributed by atoms with van der Waals surface area (Å²) in [4.78, 5) is 24.1. The largest absolute Gasteiger partial charge is 0.481 e. The van der Waals surface area contributed by atoms with Crippen molar-refractivity contribution in [2.24, 2.45) is 5.41 Å². The van der Waals surface area contributed by atoms with Crippen LogP contribution >= 0.6 is 0 Å². The molecule has 0 aromatic rings. The summed E-state index contributed by atoms with van der Waals surface area (Å²) < 4.78 is 24.7. The number of halogens is 2. The summed E-state index contributed by atoms with van der Waals surface area (Å²) in [7, 11) is 0. The van der Waals surface area contributed by atoms with Crippen LogP contribution in [-0.4, -0.2) is 41.4 Å². The highest BCUT2D eigenvalue weighted by Gasteiger charge is 2.46. The number of rotatable bonds is 7. The molecule has 1 saturated carbocycles. The number of nitrogens with zero attached hydrogens (tertiary/aromatic N) is 1. The van der Waals surface area contributed by atoms with Gasteiger partial charge in [-0.25, -0.2) is 8.78 Å². The fourth-order valence-electron chi connectivity index (χ4n) is 2.23. The molecule has 18 heavy (non-hydrogen) atoms. The van der Waals surface area contributed by atoms with Crippen LogP contribution in [0.15, 0.2) is 0 Å². The van der Waals surface area contributed by atoms with E-state index in [4.69, 9.17) is 5.11 Å². The van der Waals surface area contributed by atoms with Crippen molar-refractivity contribution in [2.75, 3.05) is 13.1 Å². The Bertz CT molecular complexity index is 316. The number of hydrogen-bond donors (Lipinski definition) is 1. The molecule has 0 unspecified atom stereocenters. The number of amides is 1. The van der Waals surface area contributed by atoms with Gasteiger partial charge in [-0.1, -0.05) is 13.3 Å². The fraction of sp³-hybridized carbons (Fsp3) is 0.833. The van der Waals surface area contributed by atoms with Gasteiger partial charge in [-0.15, -0.1) is 0 Å². The Balaban J connectivity index is 2.63. The third-order valence-corrected chi connectivity index (χ3v) is 3.46. The second-order valence-electron chi connectivity index (χ2n) is 4.85. The topological polar surface area (TPSA) is 57.6 Å². The van der Waals surface area contributed by atoms with Gasteiger partial charge in [0.05, 0.1) is 12.0 Å². The molecule has 1 rings (SSSR count). The molecule has 6 heteroatoms. The predicted octanol–water partition coefficient (Wildman–Crippen LogP) is 2.14. The summed E-state index contributed by atoms with van der Waals surface area (Å²) >= 11 is 0. The van der Waals surface area contributed by atoms with Gasteiger partial charge in [-0.2, -0.15) is 0 Å². The van der Waals surface area contributed by atoms with Crippen molar-refractivity contribution in [3.05, 3.63) is 0 Å². The SMILES string of the molecule is CCCN(CC(F)F)C(=O)CC1(C(=O)O)CCC1. The van der Waals surface area contributed by atoms with Crippen LogP contribution in [0.4, 0.5) is 8.78 Å². The molecule has 1 amide bonds. The zero-order valence-corrected chi connectivity index (χ0v) is 10.5. The number of carbonyl (C=O) groups is 2. The minimum atomic E-state index is -2.58. The highest BCUT2D eigenvalue weighted by atomic mass is 19.3. The summed E-state index contributed by atoms with van der Waals surface area (Å²) in [5.74, 6) is -1.46. The number of carboxylic acids is 1. The first-order valence-corrected chi connectivity index (χ1v) is 6.20. The van der Waals surface area contributed by atoms with Crippen LogP contribution in [0.3, 0.4) is 0 Å². The van der Waals surface area contributed by atoms with E-state index in [1.54, 1.807) is 6.92 Å². The minimum absolute atomic E-state index is 0.158. The molecule has 0 atom stereocenters. The zero-order chi connectivity index (χ0) is 13.8. The van der Waals surface area contributed by atoms with Gasteiger partial charge in [0.15, 0.2) is 0 Å². The van der Waals surface area contributed by atoms with Crippen molar-refractivity contribution >= 4 is 11.9 Å². The highest BCUT2D eigenvalue weighted by molar-refractivity contribution is 5.85. The second-order valence-corrected chi connectivity index (χ2v) is 4.85. The third kappa shape index (κ3) is 3.40. The molecule has 1 fully saturated rings. The number of hydrogen-bond acceptors (Lipinski definition) is 2. The van der Waals surface area contributed by atoms with E-state index in [1.165, 1.54) is 0 Å². The van der Waals surface area contributed by atoms with Crippen molar-refractivity contribution in [1.82, 2.24) is 4.90 Å². The maximum Gasteiger partial charge on any atom is 0.310 e. The van der Waals surface area contributed by atoms with E-state index in [2.05, 4.69) is 0 Å². The minimum Gasteiger partial charge on any atom is -0.481 e. The van der Waals surface area contributed by atoms with Crippen molar-refractivity contribution < 1.29 is 23.5 Å². The second kappa shape index (κ2) is 6.11. The fourth-order valence-corrected chi connectivity index (χ4v) is 2.23. The summed E-state index contributed by atoms with van der Waals surface area (Å²) in [5, 5.41) is 9.11. The van der Waals surface area contributed by atoms with Gasteiger partial charge < -0.3 is 10.0 Å². The van der Waals surface area contributed by atoms with Gasteiger partial charge in [0.2, 0.25) is 5.91 Å². The van der Waals surface area contributed by atoms with E-state index in [1.807, 2.05) is 0 Å². The molecule has 4 nitrogen and oxygen atoms in total. The number of carboxylic acid groups (broad SMARTS) is 1. The average Bonchev–Trinajstić information content (AvgIpc) is 2.21. The van der Waals surface area contributed by atoms with Crippen LogP contribution in [-0.2, 0) is 9.59 Å². The molecule has 0 heterocycles. The third-order valence-electron chi connectivity index (χ3n) is 3.46. The molecule has 0 saturated heterocycles. The molecule has 0 radical (unpaired) electrons. The van der Waals surface area contributed by atoms with Gasteiger partial charge in [0.1, 0.15) is 0 Å². The van der Waals surface area contributed by atoms with Crippen LogP contribution in [0.5, 0.6) is 0 Å². The number of alkyl halides is 2. The summed E-state index contributed by atoms with van der Waals surface area (Å²) in [6.07, 6.45) is -0.455. The first-order chi connectivity index (χ1) is 8.41. The molecular formula is C12H19F2NO3. The highest BCUT2D eigenvalue weighted by Crippen LogP contribution is 2.44. The van der Waals surface area contributed by atoms with Crippen LogP contribution in [0.25, 0.3) is 0 Å². The van der Waals surface area contributed by atoms with E-state index in [0.717, 1.165) is 11.3 Å². The first kappa shape index (κ1) is 14.9. The Hall–Kier alpha value is -1.20. The summed E-state index contributed by atoms with van der Waals surface area (Å²) in [5.41, 5.74) is -1.01. The van der Waals surface area contributed by atoms with Gasteiger partial charge >= 0.3 is 5.97 Å². The van der Waals surface area contributed by atoms with E-state index in [9.17, 15) is 18.4 Å². The van der Waals surface area contributed by atoms with E-state index in [0.29, 0.717) is 19.3 Å². The lowest BCUT2D eigenvalue weighted by molar-refractivity contribution is -0.160. The molecule has 1 N–H and O–H groups in total. The molecular weight excluding hydrogens is 244 g/mol. The number of carbonyl (C=O) groups excluding carboxylic acids is 1. The normalized spacial score (nSPS) is 17.3. The van der Waals surface area contributed by atoms with Crippen molar-refractivity contribution in [1.29, 1.82) is 0 Å². The monoisotopic (exact) mass is 263 g/mol. The molecule has 1 aliphatic carbocycles. The van der Waals surface area contributed by atoms with E-state index < -0.39 is 30.3 Å². The average molecular weight is 263 g/mol. The molecule has 104 valence electrons. The van der Waals surface area contributed by atoms with Crippen LogP contribution in [0.1, 0.15) is 39.0 Å². The molecule has 0 bridgehead atoms. The first-order valence-electron chi connectivity index (χ1n) is 6.20. The molecule has 0 spiro atoms. The Morgan fingerprint density at radius 3 is 2.33 bits per heavy atom. The molecule has 1 aliphatic rings. The van der Waals surface area contributed by atoms with Gasteiger partial charge in [-0.3, -0.25) is 9.59 Å². The summed E-state index contributed by atoms with van der Waals surface area (Å²) in [6.45, 7) is 1.43. The molecule has 0 aliphatic heterocycles. The standard InChI is InChI=1S/C12H19F2NO3/c1-2-6-15(8-9(13)14)10(16)7-12(11(17)18)4-3-5-12/h9H,2-8H2,1H3,(H,17,18). The van der Waals surface area contributed by atoms with Crippen LogP contribution < -0.4 is 0 Å². The Kier molecular flexibility index (Phi) is 5.04. The van der Waals surface area contributed by atoms with Crippen LogP contribution in [0, 0.1) is 5.41 Å². The van der Waals surface area contributed by atoms with Crippen molar-refractivity contribution in [2.45, 2.75) is 45.5 Å². The Morgan fingerprint density at radius 2 is 2.00 bits per heavy atom. The van der Waals surface area contributed by atoms with Crippen LogP contribution in [0.2, 0.25) is 0 Å². The zero-order valence-electron chi connectivity index (χ0n) is 10.5. The van der Waals surface area contributed by atoms with Crippen molar-refractivity contribution in [3.8, 4) is 0 Å². The summed E-state index contributed by atoms with van der Waals surface area (Å²) in [6, 6.07) is 0. The Labute approximate surface area is 105 Å². The van der Waals surface area contributed by atoms with Gasteiger partial charge in [0, 0.05) is 13.0 Å². The lowest BCUT2D eigenvalue weighted by Gasteiger charge is -2.38. The molecule has 0 aromatic carbocycles. The maximum atomic E-state index is 12.3. The maximum absolute atomic E-state index is 12.3. The predicted molar refractivity (Wildman–Crippen MR) is 61.4 cm³/mol. The number of aliphatic carboxylic acids is 1. The lowest BCUT2D eigenvalue weighted by Crippen LogP contribution is -2.45. The Morgan fingerprint density at radius 1 is 1.39 bits per heavy atom. The smallest absolute Gasteiger partial charge is 0.310 e. The van der Waals surface area contributed by atoms with E-state index in [-0.39, 0.29) is 13.0 Å².